The number of urea groups is 1. The van der Waals surface area contributed by atoms with Gasteiger partial charge in [0, 0.05) is 45.1 Å². The minimum absolute atomic E-state index is 0.0765. The van der Waals surface area contributed by atoms with Crippen LogP contribution in [0.25, 0.3) is 0 Å². The first-order chi connectivity index (χ1) is 9.16. The minimum Gasteiger partial charge on any atom is -0.372 e. The molecule has 2 amide bonds. The van der Waals surface area contributed by atoms with Crippen LogP contribution in [0, 0.1) is 0 Å². The molecule has 3 rings (SSSR count). The predicted octanol–water partition coefficient (Wildman–Crippen LogP) is 2.33. The van der Waals surface area contributed by atoms with E-state index in [1.165, 1.54) is 37.2 Å². The van der Waals surface area contributed by atoms with E-state index in [0.717, 1.165) is 18.7 Å². The van der Waals surface area contributed by atoms with Crippen LogP contribution in [0.1, 0.15) is 18.4 Å². The molecule has 2 heterocycles. The van der Waals surface area contributed by atoms with Crippen molar-refractivity contribution in [2.24, 2.45) is 0 Å². The van der Waals surface area contributed by atoms with E-state index in [4.69, 9.17) is 0 Å². The lowest BCUT2D eigenvalue weighted by atomic mass is 10.1. The van der Waals surface area contributed by atoms with Gasteiger partial charge in [-0.05, 0) is 43.0 Å². The first-order valence-corrected chi connectivity index (χ1v) is 7.03. The van der Waals surface area contributed by atoms with Crippen molar-refractivity contribution < 1.29 is 4.79 Å². The summed E-state index contributed by atoms with van der Waals surface area (Å²) in [6.07, 6.45) is 3.56. The standard InChI is InChI=1S/C15H21N3O/c1-16(2)15(19)18-10-7-12-11-13(5-6-14(12)18)17-8-3-4-9-17/h5-6,11H,3-4,7-10H2,1-2H3. The first kappa shape index (κ1) is 12.3. The normalized spacial score (nSPS) is 17.8. The molecule has 0 bridgehead atoms. The fraction of sp³-hybridized carbons (Fsp3) is 0.533. The fourth-order valence-corrected chi connectivity index (χ4v) is 3.00. The van der Waals surface area contributed by atoms with Crippen LogP contribution < -0.4 is 9.80 Å². The van der Waals surface area contributed by atoms with Crippen LogP contribution in [0.4, 0.5) is 16.2 Å². The monoisotopic (exact) mass is 259 g/mol. The second kappa shape index (κ2) is 4.76. The van der Waals surface area contributed by atoms with Crippen molar-refractivity contribution in [2.75, 3.05) is 43.5 Å². The number of fused-ring (bicyclic) bond motifs is 1. The van der Waals surface area contributed by atoms with Gasteiger partial charge in [0.05, 0.1) is 0 Å². The van der Waals surface area contributed by atoms with E-state index in [1.54, 1.807) is 19.0 Å². The van der Waals surface area contributed by atoms with Crippen molar-refractivity contribution in [3.8, 4) is 0 Å². The van der Waals surface area contributed by atoms with Crippen LogP contribution in [-0.4, -0.2) is 44.7 Å². The molecule has 0 N–H and O–H groups in total. The Morgan fingerprint density at radius 3 is 2.58 bits per heavy atom. The maximum Gasteiger partial charge on any atom is 0.323 e. The van der Waals surface area contributed by atoms with E-state index in [9.17, 15) is 4.79 Å². The summed E-state index contributed by atoms with van der Waals surface area (Å²) in [4.78, 5) is 18.1. The number of rotatable bonds is 1. The number of hydrogen-bond acceptors (Lipinski definition) is 2. The van der Waals surface area contributed by atoms with E-state index >= 15 is 0 Å². The predicted molar refractivity (Wildman–Crippen MR) is 78.0 cm³/mol. The third kappa shape index (κ3) is 2.15. The molecule has 0 saturated carbocycles. The number of carbonyl (C=O) groups excluding carboxylic acids is 1. The number of carbonyl (C=O) groups is 1. The van der Waals surface area contributed by atoms with Gasteiger partial charge in [0.15, 0.2) is 0 Å². The first-order valence-electron chi connectivity index (χ1n) is 7.03. The Labute approximate surface area is 114 Å². The SMILES string of the molecule is CN(C)C(=O)N1CCc2cc(N3CCCC3)ccc21. The molecule has 19 heavy (non-hydrogen) atoms. The highest BCUT2D eigenvalue weighted by Gasteiger charge is 2.26. The molecule has 0 radical (unpaired) electrons. The second-order valence-corrected chi connectivity index (χ2v) is 5.59. The molecule has 2 aliphatic rings. The molecule has 2 aliphatic heterocycles. The summed E-state index contributed by atoms with van der Waals surface area (Å²) in [7, 11) is 3.61. The van der Waals surface area contributed by atoms with Gasteiger partial charge in [-0.2, -0.15) is 0 Å². The smallest absolute Gasteiger partial charge is 0.323 e. The average Bonchev–Trinajstić information content (AvgIpc) is 3.06. The Kier molecular flexibility index (Phi) is 3.09. The lowest BCUT2D eigenvalue weighted by Crippen LogP contribution is -2.38. The molecule has 4 heteroatoms. The summed E-state index contributed by atoms with van der Waals surface area (Å²) in [5, 5.41) is 0. The quantitative estimate of drug-likeness (QED) is 0.774. The maximum atomic E-state index is 12.1. The van der Waals surface area contributed by atoms with Crippen LogP contribution in [0.2, 0.25) is 0 Å². The third-order valence-corrected chi connectivity index (χ3v) is 4.04. The Bertz CT molecular complexity index is 492. The lowest BCUT2D eigenvalue weighted by Gasteiger charge is -2.23. The summed E-state index contributed by atoms with van der Waals surface area (Å²) in [5.41, 5.74) is 3.71. The largest absolute Gasteiger partial charge is 0.372 e. The van der Waals surface area contributed by atoms with Gasteiger partial charge in [0.1, 0.15) is 0 Å². The maximum absolute atomic E-state index is 12.1. The summed E-state index contributed by atoms with van der Waals surface area (Å²) in [6, 6.07) is 6.61. The summed E-state index contributed by atoms with van der Waals surface area (Å²) >= 11 is 0. The molecular weight excluding hydrogens is 238 g/mol. The van der Waals surface area contributed by atoms with Crippen molar-refractivity contribution in [3.63, 3.8) is 0 Å². The highest BCUT2D eigenvalue weighted by atomic mass is 16.2. The molecule has 4 nitrogen and oxygen atoms in total. The lowest BCUT2D eigenvalue weighted by molar-refractivity contribution is 0.224. The van der Waals surface area contributed by atoms with E-state index in [0.29, 0.717) is 0 Å². The van der Waals surface area contributed by atoms with E-state index in [-0.39, 0.29) is 6.03 Å². The molecule has 1 aromatic rings. The molecule has 0 aliphatic carbocycles. The van der Waals surface area contributed by atoms with Gasteiger partial charge in [-0.1, -0.05) is 0 Å². The molecular formula is C15H21N3O. The number of amides is 2. The molecule has 1 aromatic carbocycles. The van der Waals surface area contributed by atoms with Crippen LogP contribution >= 0.6 is 0 Å². The number of nitrogens with zero attached hydrogens (tertiary/aromatic N) is 3. The number of hydrogen-bond donors (Lipinski definition) is 0. The van der Waals surface area contributed by atoms with E-state index in [1.807, 2.05) is 4.90 Å². The van der Waals surface area contributed by atoms with Crippen LogP contribution in [0.15, 0.2) is 18.2 Å². The van der Waals surface area contributed by atoms with Crippen molar-refractivity contribution in [1.82, 2.24) is 4.90 Å². The average molecular weight is 259 g/mol. The number of anilines is 2. The highest BCUT2D eigenvalue weighted by Crippen LogP contribution is 2.33. The molecule has 1 fully saturated rings. The summed E-state index contributed by atoms with van der Waals surface area (Å²) in [5.74, 6) is 0. The van der Waals surface area contributed by atoms with Gasteiger partial charge in [-0.15, -0.1) is 0 Å². The highest BCUT2D eigenvalue weighted by molar-refractivity contribution is 5.94. The fourth-order valence-electron chi connectivity index (χ4n) is 3.00. The van der Waals surface area contributed by atoms with Gasteiger partial charge < -0.3 is 9.80 Å². The van der Waals surface area contributed by atoms with Gasteiger partial charge in [0.2, 0.25) is 0 Å². The van der Waals surface area contributed by atoms with Gasteiger partial charge in [0.25, 0.3) is 0 Å². The van der Waals surface area contributed by atoms with Crippen molar-refractivity contribution in [2.45, 2.75) is 19.3 Å². The van der Waals surface area contributed by atoms with Crippen molar-refractivity contribution in [3.05, 3.63) is 23.8 Å². The molecule has 0 atom stereocenters. The van der Waals surface area contributed by atoms with Crippen LogP contribution in [-0.2, 0) is 6.42 Å². The zero-order chi connectivity index (χ0) is 13.4. The minimum atomic E-state index is 0.0765. The molecule has 0 aromatic heterocycles. The number of benzene rings is 1. The molecule has 102 valence electrons. The van der Waals surface area contributed by atoms with Crippen molar-refractivity contribution in [1.29, 1.82) is 0 Å². The summed E-state index contributed by atoms with van der Waals surface area (Å²) in [6.45, 7) is 3.13. The van der Waals surface area contributed by atoms with E-state index in [2.05, 4.69) is 23.1 Å². The Morgan fingerprint density at radius 1 is 1.16 bits per heavy atom. The Balaban J connectivity index is 1.85. The topological polar surface area (TPSA) is 26.8 Å². The second-order valence-electron chi connectivity index (χ2n) is 5.59. The van der Waals surface area contributed by atoms with Gasteiger partial charge >= 0.3 is 6.03 Å². The Morgan fingerprint density at radius 2 is 1.89 bits per heavy atom. The third-order valence-electron chi connectivity index (χ3n) is 4.04. The van der Waals surface area contributed by atoms with Crippen LogP contribution in [0.5, 0.6) is 0 Å². The summed E-state index contributed by atoms with van der Waals surface area (Å²) < 4.78 is 0. The molecule has 0 spiro atoms. The van der Waals surface area contributed by atoms with Gasteiger partial charge in [-0.3, -0.25) is 4.90 Å². The molecule has 1 saturated heterocycles. The molecule has 0 unspecified atom stereocenters. The zero-order valence-corrected chi connectivity index (χ0v) is 11.7. The zero-order valence-electron chi connectivity index (χ0n) is 11.7. The van der Waals surface area contributed by atoms with Crippen LogP contribution in [0.3, 0.4) is 0 Å². The van der Waals surface area contributed by atoms with Crippen molar-refractivity contribution >= 4 is 17.4 Å². The Hall–Kier alpha value is -1.71. The van der Waals surface area contributed by atoms with Gasteiger partial charge in [-0.25, -0.2) is 4.79 Å². The van der Waals surface area contributed by atoms with E-state index < -0.39 is 0 Å².